The van der Waals surface area contributed by atoms with Crippen molar-refractivity contribution in [3.63, 3.8) is 0 Å². The molecular weight excluding hydrogens is 276 g/mol. The monoisotopic (exact) mass is 296 g/mol. The molecule has 1 aromatic rings. The van der Waals surface area contributed by atoms with Gasteiger partial charge in [-0.3, -0.25) is 9.59 Å². The molecule has 0 saturated carbocycles. The van der Waals surface area contributed by atoms with E-state index >= 15 is 0 Å². The summed E-state index contributed by atoms with van der Waals surface area (Å²) in [4.78, 5) is 30.5. The fourth-order valence-electron chi connectivity index (χ4n) is 2.53. The lowest BCUT2D eigenvalue weighted by atomic mass is 9.96. The zero-order valence-electron chi connectivity index (χ0n) is 12.0. The van der Waals surface area contributed by atoms with Crippen LogP contribution in [-0.4, -0.2) is 33.9 Å². The molecule has 5 nitrogen and oxygen atoms in total. The standard InChI is InChI=1S/C14H20N2O3S/c1-4-11-15-9-6-5-7-10(12(9)20-11)16(3)13(17)8(2)14(18)19/h8,10H,4-7H2,1-3H3,(H,18,19). The summed E-state index contributed by atoms with van der Waals surface area (Å²) in [5.74, 6) is -2.40. The number of amides is 1. The molecule has 0 fully saturated rings. The zero-order chi connectivity index (χ0) is 14.9. The topological polar surface area (TPSA) is 70.5 Å². The summed E-state index contributed by atoms with van der Waals surface area (Å²) in [6.45, 7) is 3.51. The number of hydrogen-bond donors (Lipinski definition) is 1. The number of fused-ring (bicyclic) bond motifs is 1. The molecule has 0 saturated heterocycles. The summed E-state index contributed by atoms with van der Waals surface area (Å²) in [7, 11) is 1.70. The Labute approximate surface area is 122 Å². The van der Waals surface area contributed by atoms with E-state index in [0.717, 1.165) is 41.3 Å². The molecule has 6 heteroatoms. The van der Waals surface area contributed by atoms with Crippen LogP contribution in [0.2, 0.25) is 0 Å². The van der Waals surface area contributed by atoms with E-state index in [9.17, 15) is 9.59 Å². The van der Waals surface area contributed by atoms with Gasteiger partial charge in [-0.25, -0.2) is 4.98 Å². The molecule has 1 aliphatic rings. The van der Waals surface area contributed by atoms with Crippen molar-refractivity contribution in [3.05, 3.63) is 15.6 Å². The Balaban J connectivity index is 2.24. The summed E-state index contributed by atoms with van der Waals surface area (Å²) < 4.78 is 0. The maximum atomic E-state index is 12.2. The fourth-order valence-corrected chi connectivity index (χ4v) is 3.76. The molecule has 20 heavy (non-hydrogen) atoms. The number of aromatic nitrogens is 1. The molecule has 1 aromatic heterocycles. The molecule has 0 radical (unpaired) electrons. The average molecular weight is 296 g/mol. The van der Waals surface area contributed by atoms with Crippen molar-refractivity contribution in [3.8, 4) is 0 Å². The van der Waals surface area contributed by atoms with Gasteiger partial charge in [0.25, 0.3) is 0 Å². The van der Waals surface area contributed by atoms with Gasteiger partial charge in [0.15, 0.2) is 0 Å². The van der Waals surface area contributed by atoms with Gasteiger partial charge >= 0.3 is 5.97 Å². The second kappa shape index (κ2) is 5.91. The van der Waals surface area contributed by atoms with Crippen molar-refractivity contribution in [2.24, 2.45) is 5.92 Å². The summed E-state index contributed by atoms with van der Waals surface area (Å²) in [6.07, 6.45) is 3.73. The van der Waals surface area contributed by atoms with E-state index in [1.807, 2.05) is 0 Å². The predicted molar refractivity (Wildman–Crippen MR) is 76.7 cm³/mol. The first-order chi connectivity index (χ1) is 9.45. The summed E-state index contributed by atoms with van der Waals surface area (Å²) >= 11 is 1.66. The van der Waals surface area contributed by atoms with Gasteiger partial charge in [-0.1, -0.05) is 6.92 Å². The molecule has 2 rings (SSSR count). The third kappa shape index (κ3) is 2.70. The lowest BCUT2D eigenvalue weighted by Crippen LogP contribution is -2.38. The second-order valence-corrected chi connectivity index (χ2v) is 6.30. The lowest BCUT2D eigenvalue weighted by Gasteiger charge is -2.31. The Morgan fingerprint density at radius 3 is 2.85 bits per heavy atom. The van der Waals surface area contributed by atoms with Crippen LogP contribution in [0.4, 0.5) is 0 Å². The highest BCUT2D eigenvalue weighted by Gasteiger charge is 2.33. The second-order valence-electron chi connectivity index (χ2n) is 5.19. The van der Waals surface area contributed by atoms with Crippen molar-refractivity contribution in [1.29, 1.82) is 0 Å². The molecule has 1 heterocycles. The Hall–Kier alpha value is -1.43. The first kappa shape index (κ1) is 15.0. The predicted octanol–water partition coefficient (Wildman–Crippen LogP) is 2.26. The number of carbonyl (C=O) groups is 2. The van der Waals surface area contributed by atoms with Crippen molar-refractivity contribution in [2.75, 3.05) is 7.05 Å². The van der Waals surface area contributed by atoms with E-state index in [2.05, 4.69) is 11.9 Å². The van der Waals surface area contributed by atoms with Gasteiger partial charge in [0.1, 0.15) is 5.92 Å². The van der Waals surface area contributed by atoms with E-state index in [4.69, 9.17) is 5.11 Å². The average Bonchev–Trinajstić information content (AvgIpc) is 2.87. The van der Waals surface area contributed by atoms with Crippen LogP contribution in [0.5, 0.6) is 0 Å². The van der Waals surface area contributed by atoms with E-state index in [1.54, 1.807) is 23.3 Å². The van der Waals surface area contributed by atoms with Crippen LogP contribution in [0.3, 0.4) is 0 Å². The number of thiazole rings is 1. The molecule has 0 spiro atoms. The van der Waals surface area contributed by atoms with Crippen LogP contribution in [0.25, 0.3) is 0 Å². The van der Waals surface area contributed by atoms with Gasteiger partial charge in [0, 0.05) is 7.05 Å². The van der Waals surface area contributed by atoms with E-state index in [0.29, 0.717) is 0 Å². The summed E-state index contributed by atoms with van der Waals surface area (Å²) in [5.41, 5.74) is 1.09. The van der Waals surface area contributed by atoms with Crippen LogP contribution in [-0.2, 0) is 22.4 Å². The van der Waals surface area contributed by atoms with Crippen LogP contribution < -0.4 is 0 Å². The Morgan fingerprint density at radius 2 is 2.25 bits per heavy atom. The smallest absolute Gasteiger partial charge is 0.315 e. The Bertz CT molecular complexity index is 526. The Morgan fingerprint density at radius 1 is 1.55 bits per heavy atom. The Kier molecular flexibility index (Phi) is 4.42. The van der Waals surface area contributed by atoms with Crippen molar-refractivity contribution in [2.45, 2.75) is 45.6 Å². The summed E-state index contributed by atoms with van der Waals surface area (Å²) in [6, 6.07) is -0.0224. The first-order valence-corrected chi connectivity index (χ1v) is 7.75. The van der Waals surface area contributed by atoms with E-state index in [1.165, 1.54) is 6.92 Å². The lowest BCUT2D eigenvalue weighted by molar-refractivity contribution is -0.150. The number of carboxylic acid groups (broad SMARTS) is 1. The molecule has 1 amide bonds. The third-order valence-electron chi connectivity index (χ3n) is 3.82. The molecular formula is C14H20N2O3S. The molecule has 1 aliphatic carbocycles. The van der Waals surface area contributed by atoms with Gasteiger partial charge in [0.2, 0.25) is 5.91 Å². The molecule has 110 valence electrons. The molecule has 2 unspecified atom stereocenters. The number of nitrogens with zero attached hydrogens (tertiary/aromatic N) is 2. The number of aryl methyl sites for hydroxylation is 2. The fraction of sp³-hybridized carbons (Fsp3) is 0.643. The molecule has 1 N–H and O–H groups in total. The molecule has 2 atom stereocenters. The summed E-state index contributed by atoms with van der Waals surface area (Å²) in [5, 5.41) is 10.1. The van der Waals surface area contributed by atoms with Crippen molar-refractivity contribution < 1.29 is 14.7 Å². The van der Waals surface area contributed by atoms with E-state index in [-0.39, 0.29) is 11.9 Å². The van der Waals surface area contributed by atoms with Crippen LogP contribution in [0, 0.1) is 5.92 Å². The van der Waals surface area contributed by atoms with Gasteiger partial charge in [-0.2, -0.15) is 0 Å². The van der Waals surface area contributed by atoms with Gasteiger partial charge in [-0.15, -0.1) is 11.3 Å². The highest BCUT2D eigenvalue weighted by atomic mass is 32.1. The van der Waals surface area contributed by atoms with E-state index < -0.39 is 11.9 Å². The van der Waals surface area contributed by atoms with Gasteiger partial charge in [0.05, 0.1) is 21.6 Å². The van der Waals surface area contributed by atoms with Crippen LogP contribution >= 0.6 is 11.3 Å². The van der Waals surface area contributed by atoms with Crippen molar-refractivity contribution in [1.82, 2.24) is 9.88 Å². The minimum atomic E-state index is -1.07. The minimum Gasteiger partial charge on any atom is -0.481 e. The molecule has 0 bridgehead atoms. The maximum absolute atomic E-state index is 12.2. The number of rotatable bonds is 4. The third-order valence-corrected chi connectivity index (χ3v) is 5.17. The zero-order valence-corrected chi connectivity index (χ0v) is 12.9. The normalized spacial score (nSPS) is 19.2. The van der Waals surface area contributed by atoms with Crippen LogP contribution in [0.1, 0.15) is 48.3 Å². The quantitative estimate of drug-likeness (QED) is 0.865. The van der Waals surface area contributed by atoms with Crippen LogP contribution in [0.15, 0.2) is 0 Å². The minimum absolute atomic E-state index is 0.0224. The SMILES string of the molecule is CCc1nc2c(s1)C(N(C)C(=O)C(C)C(=O)O)CCC2. The number of carboxylic acids is 1. The first-order valence-electron chi connectivity index (χ1n) is 6.93. The van der Waals surface area contributed by atoms with Gasteiger partial charge in [-0.05, 0) is 32.6 Å². The largest absolute Gasteiger partial charge is 0.481 e. The molecule has 0 aliphatic heterocycles. The highest BCUT2D eigenvalue weighted by Crippen LogP contribution is 2.38. The number of hydrogen-bond acceptors (Lipinski definition) is 4. The number of aliphatic carboxylic acids is 1. The maximum Gasteiger partial charge on any atom is 0.315 e. The number of carbonyl (C=O) groups excluding carboxylic acids is 1. The molecule has 0 aromatic carbocycles. The van der Waals surface area contributed by atoms with Crippen molar-refractivity contribution >= 4 is 23.2 Å². The highest BCUT2D eigenvalue weighted by molar-refractivity contribution is 7.11. The van der Waals surface area contributed by atoms with Gasteiger partial charge < -0.3 is 10.0 Å².